The Morgan fingerprint density at radius 3 is 2.42 bits per heavy atom. The molecule has 1 heterocycles. The molecule has 1 saturated heterocycles. The molecule has 0 aromatic heterocycles. The number of piperidine rings is 1. The van der Waals surface area contributed by atoms with Crippen LogP contribution in [0.4, 0.5) is 0 Å². The van der Waals surface area contributed by atoms with Crippen molar-refractivity contribution < 1.29 is 5.11 Å². The number of aliphatic hydroxyl groups is 1. The van der Waals surface area contributed by atoms with Gasteiger partial charge < -0.3 is 15.3 Å². The van der Waals surface area contributed by atoms with Crippen molar-refractivity contribution in [1.82, 2.24) is 10.2 Å². The maximum atomic E-state index is 9.07. The van der Waals surface area contributed by atoms with E-state index in [2.05, 4.69) is 36.0 Å². The first kappa shape index (κ1) is 19.0. The van der Waals surface area contributed by atoms with E-state index in [0.717, 1.165) is 37.4 Å². The SMILES string of the molecule is CCNC(=NCC(C)CO)N1CC(C)CC(C)C1.I. The standard InChI is InChI=1S/C14H29N3O.HI/c1-5-15-14(16-7-13(4)10-18)17-8-11(2)6-12(3)9-17;/h11-13,18H,5-10H2,1-4H3,(H,15,16);1H. The Kier molecular flexibility index (Phi) is 9.78. The summed E-state index contributed by atoms with van der Waals surface area (Å²) in [5, 5.41) is 12.4. The van der Waals surface area contributed by atoms with Gasteiger partial charge in [0.2, 0.25) is 0 Å². The van der Waals surface area contributed by atoms with Crippen molar-refractivity contribution in [2.45, 2.75) is 34.1 Å². The molecule has 2 N–H and O–H groups in total. The highest BCUT2D eigenvalue weighted by molar-refractivity contribution is 14.0. The summed E-state index contributed by atoms with van der Waals surface area (Å²) in [6, 6.07) is 0. The van der Waals surface area contributed by atoms with E-state index < -0.39 is 0 Å². The number of hydrogen-bond donors (Lipinski definition) is 2. The van der Waals surface area contributed by atoms with Crippen LogP contribution in [0.2, 0.25) is 0 Å². The molecule has 19 heavy (non-hydrogen) atoms. The van der Waals surface area contributed by atoms with Gasteiger partial charge in [0.25, 0.3) is 0 Å². The molecule has 0 aromatic rings. The Morgan fingerprint density at radius 2 is 1.95 bits per heavy atom. The molecule has 0 amide bonds. The second-order valence-electron chi connectivity index (χ2n) is 5.83. The first-order valence-electron chi connectivity index (χ1n) is 7.20. The molecule has 0 bridgehead atoms. The van der Waals surface area contributed by atoms with Crippen LogP contribution in [0.25, 0.3) is 0 Å². The molecule has 0 saturated carbocycles. The summed E-state index contributed by atoms with van der Waals surface area (Å²) < 4.78 is 0. The van der Waals surface area contributed by atoms with E-state index >= 15 is 0 Å². The van der Waals surface area contributed by atoms with Crippen LogP contribution < -0.4 is 5.32 Å². The second kappa shape index (κ2) is 9.80. The number of rotatable bonds is 4. The molecule has 1 rings (SSSR count). The van der Waals surface area contributed by atoms with Gasteiger partial charge in [0.05, 0.1) is 0 Å². The molecular formula is C14H30IN3O. The molecule has 5 heteroatoms. The highest BCUT2D eigenvalue weighted by Crippen LogP contribution is 2.20. The van der Waals surface area contributed by atoms with Gasteiger partial charge in [-0.25, -0.2) is 0 Å². The molecule has 1 fully saturated rings. The lowest BCUT2D eigenvalue weighted by atomic mass is 9.92. The minimum absolute atomic E-state index is 0. The van der Waals surface area contributed by atoms with Crippen LogP contribution in [0, 0.1) is 17.8 Å². The number of hydrogen-bond acceptors (Lipinski definition) is 2. The van der Waals surface area contributed by atoms with Crippen LogP contribution in [0.1, 0.15) is 34.1 Å². The van der Waals surface area contributed by atoms with Gasteiger partial charge in [-0.1, -0.05) is 20.8 Å². The zero-order chi connectivity index (χ0) is 13.5. The lowest BCUT2D eigenvalue weighted by molar-refractivity contribution is 0.207. The normalized spacial score (nSPS) is 25.7. The smallest absolute Gasteiger partial charge is 0.193 e. The van der Waals surface area contributed by atoms with Crippen LogP contribution in [0.15, 0.2) is 4.99 Å². The zero-order valence-corrected chi connectivity index (χ0v) is 15.1. The predicted octanol–water partition coefficient (Wildman–Crippen LogP) is 2.18. The van der Waals surface area contributed by atoms with Crippen LogP contribution >= 0.6 is 24.0 Å². The summed E-state index contributed by atoms with van der Waals surface area (Å²) in [5.41, 5.74) is 0. The van der Waals surface area contributed by atoms with E-state index in [-0.39, 0.29) is 36.5 Å². The number of aliphatic imine (C=N–C) groups is 1. The first-order valence-corrected chi connectivity index (χ1v) is 7.20. The summed E-state index contributed by atoms with van der Waals surface area (Å²) in [5.74, 6) is 2.70. The Bertz CT molecular complexity index is 263. The lowest BCUT2D eigenvalue weighted by Gasteiger charge is -2.37. The Labute approximate surface area is 135 Å². The van der Waals surface area contributed by atoms with Crippen molar-refractivity contribution in [2.24, 2.45) is 22.7 Å². The molecule has 0 aromatic carbocycles. The van der Waals surface area contributed by atoms with E-state index in [0.29, 0.717) is 6.54 Å². The summed E-state index contributed by atoms with van der Waals surface area (Å²) in [4.78, 5) is 7.02. The average molecular weight is 383 g/mol. The van der Waals surface area contributed by atoms with Gasteiger partial charge in [0.15, 0.2) is 5.96 Å². The lowest BCUT2D eigenvalue weighted by Crippen LogP contribution is -2.48. The molecule has 0 spiro atoms. The number of likely N-dealkylation sites (tertiary alicyclic amines) is 1. The van der Waals surface area contributed by atoms with Gasteiger partial charge in [-0.3, -0.25) is 4.99 Å². The van der Waals surface area contributed by atoms with Crippen molar-refractivity contribution in [3.05, 3.63) is 0 Å². The fourth-order valence-electron chi connectivity index (χ4n) is 2.56. The third-order valence-electron chi connectivity index (χ3n) is 3.37. The molecule has 1 aliphatic heterocycles. The predicted molar refractivity (Wildman–Crippen MR) is 92.2 cm³/mol. The third-order valence-corrected chi connectivity index (χ3v) is 3.37. The van der Waals surface area contributed by atoms with Gasteiger partial charge in [-0.2, -0.15) is 0 Å². The highest BCUT2D eigenvalue weighted by atomic mass is 127. The van der Waals surface area contributed by atoms with Crippen LogP contribution in [0.3, 0.4) is 0 Å². The van der Waals surface area contributed by atoms with Gasteiger partial charge in [-0.05, 0) is 31.1 Å². The monoisotopic (exact) mass is 383 g/mol. The quantitative estimate of drug-likeness (QED) is 0.445. The van der Waals surface area contributed by atoms with Crippen molar-refractivity contribution >= 4 is 29.9 Å². The minimum Gasteiger partial charge on any atom is -0.396 e. The van der Waals surface area contributed by atoms with Crippen molar-refractivity contribution in [3.8, 4) is 0 Å². The van der Waals surface area contributed by atoms with Gasteiger partial charge in [0, 0.05) is 32.8 Å². The summed E-state index contributed by atoms with van der Waals surface area (Å²) in [6.45, 7) is 12.7. The molecule has 114 valence electrons. The molecule has 3 unspecified atom stereocenters. The first-order chi connectivity index (χ1) is 8.56. The largest absolute Gasteiger partial charge is 0.396 e. The topological polar surface area (TPSA) is 47.9 Å². The van der Waals surface area contributed by atoms with Gasteiger partial charge in [-0.15, -0.1) is 24.0 Å². The maximum absolute atomic E-state index is 9.07. The Hall–Kier alpha value is -0.0400. The van der Waals surface area contributed by atoms with E-state index in [1.54, 1.807) is 0 Å². The van der Waals surface area contributed by atoms with Crippen LogP contribution in [-0.4, -0.2) is 48.8 Å². The van der Waals surface area contributed by atoms with Crippen LogP contribution in [-0.2, 0) is 0 Å². The number of nitrogens with one attached hydrogen (secondary N) is 1. The maximum Gasteiger partial charge on any atom is 0.193 e. The molecular weight excluding hydrogens is 353 g/mol. The van der Waals surface area contributed by atoms with Crippen LogP contribution in [0.5, 0.6) is 0 Å². The fourth-order valence-corrected chi connectivity index (χ4v) is 2.56. The number of halogens is 1. The van der Waals surface area contributed by atoms with Crippen molar-refractivity contribution in [2.75, 3.05) is 32.8 Å². The number of nitrogens with zero attached hydrogens (tertiary/aromatic N) is 2. The third kappa shape index (κ3) is 6.79. The summed E-state index contributed by atoms with van der Waals surface area (Å²) in [7, 11) is 0. The van der Waals surface area contributed by atoms with E-state index in [9.17, 15) is 0 Å². The Morgan fingerprint density at radius 1 is 1.37 bits per heavy atom. The number of guanidine groups is 1. The summed E-state index contributed by atoms with van der Waals surface area (Å²) in [6.07, 6.45) is 1.31. The van der Waals surface area contributed by atoms with Gasteiger partial charge >= 0.3 is 0 Å². The van der Waals surface area contributed by atoms with Gasteiger partial charge in [0.1, 0.15) is 0 Å². The average Bonchev–Trinajstić information content (AvgIpc) is 2.32. The highest BCUT2D eigenvalue weighted by Gasteiger charge is 2.23. The van der Waals surface area contributed by atoms with E-state index in [4.69, 9.17) is 5.11 Å². The minimum atomic E-state index is 0. The summed E-state index contributed by atoms with van der Waals surface area (Å²) >= 11 is 0. The molecule has 4 nitrogen and oxygen atoms in total. The second-order valence-corrected chi connectivity index (χ2v) is 5.83. The molecule has 3 atom stereocenters. The zero-order valence-electron chi connectivity index (χ0n) is 12.7. The molecule has 0 aliphatic carbocycles. The molecule has 0 radical (unpaired) electrons. The fraction of sp³-hybridized carbons (Fsp3) is 0.929. The van der Waals surface area contributed by atoms with Crippen molar-refractivity contribution in [3.63, 3.8) is 0 Å². The van der Waals surface area contributed by atoms with E-state index in [1.165, 1.54) is 6.42 Å². The van der Waals surface area contributed by atoms with Crippen molar-refractivity contribution in [1.29, 1.82) is 0 Å². The molecule has 1 aliphatic rings. The van der Waals surface area contributed by atoms with E-state index in [1.807, 2.05) is 6.92 Å². The Balaban J connectivity index is 0.00000324. The number of aliphatic hydroxyl groups excluding tert-OH is 1.